The number of amides is 2. The molecule has 158 valence electrons. The van der Waals surface area contributed by atoms with E-state index in [1.54, 1.807) is 17.1 Å². The zero-order valence-electron chi connectivity index (χ0n) is 17.1. The first-order valence-electron chi connectivity index (χ1n) is 10.4. The number of carbonyl (C=O) groups excluding carboxylic acids is 2. The van der Waals surface area contributed by atoms with Gasteiger partial charge in [-0.15, -0.1) is 0 Å². The Labute approximate surface area is 180 Å². The van der Waals surface area contributed by atoms with E-state index in [-0.39, 0.29) is 35.5 Å². The van der Waals surface area contributed by atoms with Crippen LogP contribution in [0.1, 0.15) is 48.8 Å². The molecule has 1 spiro atoms. The monoisotopic (exact) mass is 428 g/mol. The van der Waals surface area contributed by atoms with Gasteiger partial charge in [-0.3, -0.25) is 19.3 Å². The number of nitrogens with one attached hydrogen (secondary N) is 2. The lowest BCUT2D eigenvalue weighted by molar-refractivity contribution is -0.128. The second kappa shape index (κ2) is 6.97. The molecule has 5 rings (SSSR count). The summed E-state index contributed by atoms with van der Waals surface area (Å²) in [6, 6.07) is 0.136. The number of aromatic nitrogens is 2. The molecule has 2 unspecified atom stereocenters. The second-order valence-electron chi connectivity index (χ2n) is 8.83. The molecule has 0 radical (unpaired) electrons. The molecule has 2 amide bonds. The third kappa shape index (κ3) is 3.05. The van der Waals surface area contributed by atoms with E-state index in [1.165, 1.54) is 0 Å². The maximum Gasteiger partial charge on any atom is 0.270 e. The molecule has 30 heavy (non-hydrogen) atoms. The molecule has 4 aliphatic heterocycles. The van der Waals surface area contributed by atoms with E-state index in [0.717, 1.165) is 24.8 Å². The number of halogens is 1. The Morgan fingerprint density at radius 1 is 1.33 bits per heavy atom. The highest BCUT2D eigenvalue weighted by Crippen LogP contribution is 2.34. The molecule has 2 atom stereocenters. The van der Waals surface area contributed by atoms with Crippen molar-refractivity contribution in [2.75, 3.05) is 13.1 Å². The van der Waals surface area contributed by atoms with Gasteiger partial charge in [-0.25, -0.2) is 0 Å². The molecule has 1 saturated heterocycles. The van der Waals surface area contributed by atoms with E-state index in [1.807, 2.05) is 31.0 Å². The Bertz CT molecular complexity index is 999. The summed E-state index contributed by atoms with van der Waals surface area (Å²) in [5, 5.41) is 11.4. The minimum atomic E-state index is -0.312. The summed E-state index contributed by atoms with van der Waals surface area (Å²) >= 11 is 6.22. The number of aliphatic imine (C=N–C) groups is 1. The normalized spacial score (nSPS) is 26.7. The predicted molar refractivity (Wildman–Crippen MR) is 113 cm³/mol. The summed E-state index contributed by atoms with van der Waals surface area (Å²) in [7, 11) is 0. The van der Waals surface area contributed by atoms with E-state index in [2.05, 4.69) is 20.7 Å². The summed E-state index contributed by atoms with van der Waals surface area (Å²) in [5.41, 5.74) is 1.93. The van der Waals surface area contributed by atoms with Crippen molar-refractivity contribution >= 4 is 29.6 Å². The van der Waals surface area contributed by atoms with Crippen molar-refractivity contribution in [3.8, 4) is 0 Å². The number of carbonyl (C=O) groups is 2. The molecule has 0 bridgehead atoms. The van der Waals surface area contributed by atoms with Crippen molar-refractivity contribution in [1.29, 1.82) is 0 Å². The van der Waals surface area contributed by atoms with Gasteiger partial charge in [0.1, 0.15) is 11.9 Å². The Kier molecular flexibility index (Phi) is 4.50. The highest BCUT2D eigenvalue weighted by molar-refractivity contribution is 6.30. The summed E-state index contributed by atoms with van der Waals surface area (Å²) in [6.07, 6.45) is 9.17. The molecular formula is C21H25ClN6O2. The summed E-state index contributed by atoms with van der Waals surface area (Å²) < 4.78 is 1.79. The van der Waals surface area contributed by atoms with Crippen LogP contribution in [0.2, 0.25) is 0 Å². The van der Waals surface area contributed by atoms with Crippen LogP contribution in [-0.2, 0) is 11.2 Å². The molecule has 8 nitrogen and oxygen atoms in total. The fraction of sp³-hybridized carbons (Fsp3) is 0.524. The van der Waals surface area contributed by atoms with Gasteiger partial charge in [-0.2, -0.15) is 5.10 Å². The average molecular weight is 429 g/mol. The molecule has 1 fully saturated rings. The Morgan fingerprint density at radius 3 is 2.83 bits per heavy atom. The van der Waals surface area contributed by atoms with E-state index in [0.29, 0.717) is 29.4 Å². The highest BCUT2D eigenvalue weighted by Gasteiger charge is 2.43. The van der Waals surface area contributed by atoms with Crippen molar-refractivity contribution in [2.24, 2.45) is 10.9 Å². The van der Waals surface area contributed by atoms with Gasteiger partial charge in [0.15, 0.2) is 0 Å². The molecule has 2 N–H and O–H groups in total. The van der Waals surface area contributed by atoms with Crippen molar-refractivity contribution in [3.05, 3.63) is 40.3 Å². The molecular weight excluding hydrogens is 404 g/mol. The van der Waals surface area contributed by atoms with Gasteiger partial charge in [0.05, 0.1) is 17.7 Å². The van der Waals surface area contributed by atoms with Crippen LogP contribution in [0.25, 0.3) is 0 Å². The van der Waals surface area contributed by atoms with Gasteiger partial charge in [0.2, 0.25) is 0 Å². The average Bonchev–Trinajstić information content (AvgIpc) is 3.32. The van der Waals surface area contributed by atoms with Crippen molar-refractivity contribution < 1.29 is 9.59 Å². The van der Waals surface area contributed by atoms with Gasteiger partial charge in [0, 0.05) is 47.7 Å². The van der Waals surface area contributed by atoms with Crippen molar-refractivity contribution in [1.82, 2.24) is 25.3 Å². The Morgan fingerprint density at radius 2 is 2.10 bits per heavy atom. The lowest BCUT2D eigenvalue weighted by Crippen LogP contribution is -2.60. The minimum absolute atomic E-state index is 0.0288. The van der Waals surface area contributed by atoms with Gasteiger partial charge < -0.3 is 15.5 Å². The van der Waals surface area contributed by atoms with Crippen LogP contribution in [0.5, 0.6) is 0 Å². The maximum atomic E-state index is 13.0. The van der Waals surface area contributed by atoms with Crippen molar-refractivity contribution in [2.45, 2.75) is 50.9 Å². The van der Waals surface area contributed by atoms with Crippen LogP contribution in [0.4, 0.5) is 0 Å². The summed E-state index contributed by atoms with van der Waals surface area (Å²) in [4.78, 5) is 32.2. The van der Waals surface area contributed by atoms with Crippen LogP contribution >= 0.6 is 11.6 Å². The van der Waals surface area contributed by atoms with Crippen molar-refractivity contribution in [3.63, 3.8) is 0 Å². The number of hydrogen-bond acceptors (Lipinski definition) is 5. The minimum Gasteiger partial charge on any atom is -0.368 e. The predicted octanol–water partition coefficient (Wildman–Crippen LogP) is 1.75. The zero-order valence-corrected chi connectivity index (χ0v) is 17.8. The van der Waals surface area contributed by atoms with Gasteiger partial charge in [-0.1, -0.05) is 17.7 Å². The topological polar surface area (TPSA) is 91.6 Å². The number of rotatable bonds is 2. The molecule has 4 aliphatic rings. The van der Waals surface area contributed by atoms with Gasteiger partial charge >= 0.3 is 0 Å². The lowest BCUT2D eigenvalue weighted by atomic mass is 9.79. The van der Waals surface area contributed by atoms with E-state index in [4.69, 9.17) is 11.6 Å². The molecule has 1 aromatic heterocycles. The standard InChI is InChI=1S/C21H25ClN6O2/c1-12(2)28-17-14(10-25-28)8-21(26-19(17)29)3-5-27(6-4-21)20(30)13-7-15-16(22)11-24-18(15)23-9-13/h7,9-12,15,18,24H,3-6,8H2,1-2H3,(H,26,29). The first-order chi connectivity index (χ1) is 14.4. The summed E-state index contributed by atoms with van der Waals surface area (Å²) in [5.74, 6) is -0.176. The molecule has 0 aliphatic carbocycles. The molecule has 9 heteroatoms. The third-order valence-corrected chi connectivity index (χ3v) is 6.88. The zero-order chi connectivity index (χ0) is 21.0. The van der Waals surface area contributed by atoms with E-state index < -0.39 is 0 Å². The number of fused-ring (bicyclic) bond motifs is 2. The Balaban J connectivity index is 1.28. The quantitative estimate of drug-likeness (QED) is 0.750. The largest absolute Gasteiger partial charge is 0.368 e. The Hall–Kier alpha value is -2.61. The number of likely N-dealkylation sites (tertiary alicyclic amines) is 1. The lowest BCUT2D eigenvalue weighted by Gasteiger charge is -2.44. The molecule has 0 saturated carbocycles. The second-order valence-corrected chi connectivity index (χ2v) is 9.26. The first kappa shape index (κ1) is 19.4. The van der Waals surface area contributed by atoms with Crippen LogP contribution < -0.4 is 10.6 Å². The fourth-order valence-electron chi connectivity index (χ4n) is 4.85. The van der Waals surface area contributed by atoms with Crippen LogP contribution in [0, 0.1) is 5.92 Å². The van der Waals surface area contributed by atoms with E-state index >= 15 is 0 Å². The molecule has 5 heterocycles. The van der Waals surface area contributed by atoms with Crippen LogP contribution in [0.3, 0.4) is 0 Å². The van der Waals surface area contributed by atoms with E-state index in [9.17, 15) is 9.59 Å². The molecule has 1 aromatic rings. The van der Waals surface area contributed by atoms with Gasteiger partial charge in [-0.05, 0) is 33.1 Å². The SMILES string of the molecule is CC(C)n1ncc2c1C(=O)NC1(CCN(C(=O)C3=CC4C(Cl)=CNC4N=C3)CC1)C2. The fourth-order valence-corrected chi connectivity index (χ4v) is 5.09. The van der Waals surface area contributed by atoms with Crippen LogP contribution in [0.15, 0.2) is 34.1 Å². The third-order valence-electron chi connectivity index (χ3n) is 6.52. The molecule has 0 aromatic carbocycles. The number of nitrogens with zero attached hydrogens (tertiary/aromatic N) is 4. The van der Waals surface area contributed by atoms with Crippen LogP contribution in [-0.4, -0.2) is 57.5 Å². The summed E-state index contributed by atoms with van der Waals surface area (Å²) in [6.45, 7) is 5.22. The first-order valence-corrected chi connectivity index (χ1v) is 10.8. The maximum absolute atomic E-state index is 13.0. The number of piperidine rings is 1. The number of dihydropyridines is 1. The smallest absolute Gasteiger partial charge is 0.270 e. The van der Waals surface area contributed by atoms with Gasteiger partial charge in [0.25, 0.3) is 11.8 Å². The number of hydrogen-bond donors (Lipinski definition) is 2. The highest BCUT2D eigenvalue weighted by atomic mass is 35.5.